The Kier molecular flexibility index (Phi) is 4.11. The van der Waals surface area contributed by atoms with Gasteiger partial charge in [-0.15, -0.1) is 0 Å². The van der Waals surface area contributed by atoms with Gasteiger partial charge in [0.2, 0.25) is 5.91 Å². The molecule has 1 rings (SSSR count). The second-order valence-corrected chi connectivity index (χ2v) is 5.06. The lowest BCUT2D eigenvalue weighted by atomic mass is 9.94. The Balaban J connectivity index is 2.15. The van der Waals surface area contributed by atoms with Crippen LogP contribution in [0.3, 0.4) is 0 Å². The third-order valence-electron chi connectivity index (χ3n) is 2.67. The zero-order chi connectivity index (χ0) is 11.5. The largest absolute Gasteiger partial charge is 0.353 e. The van der Waals surface area contributed by atoms with E-state index < -0.39 is 0 Å². The van der Waals surface area contributed by atoms with Gasteiger partial charge in [0, 0.05) is 24.7 Å². The lowest BCUT2D eigenvalue weighted by molar-refractivity contribution is -0.124. The number of nitrogens with zero attached hydrogens (tertiary/aromatic N) is 1. The summed E-state index contributed by atoms with van der Waals surface area (Å²) >= 11 is 0. The molecule has 0 aromatic rings. The number of nitrogens with two attached hydrogens (primary N) is 1. The Morgan fingerprint density at radius 3 is 2.67 bits per heavy atom. The molecule has 1 saturated heterocycles. The summed E-state index contributed by atoms with van der Waals surface area (Å²) in [6, 6.07) is 0.285. The average Bonchev–Trinajstić information content (AvgIpc) is 2.00. The molecule has 0 radical (unpaired) electrons. The van der Waals surface area contributed by atoms with E-state index in [2.05, 4.69) is 17.1 Å². The van der Waals surface area contributed by atoms with Gasteiger partial charge in [-0.25, -0.2) is 0 Å². The first-order valence-electron chi connectivity index (χ1n) is 5.73. The fraction of sp³-hybridized carbons (Fsp3) is 0.909. The van der Waals surface area contributed by atoms with Crippen LogP contribution in [-0.2, 0) is 4.79 Å². The zero-order valence-electron chi connectivity index (χ0n) is 10.0. The highest BCUT2D eigenvalue weighted by Crippen LogP contribution is 2.15. The molecule has 88 valence electrons. The van der Waals surface area contributed by atoms with Crippen LogP contribution in [-0.4, -0.2) is 42.0 Å². The summed E-state index contributed by atoms with van der Waals surface area (Å²) in [5.74, 6) is 0.117. The van der Waals surface area contributed by atoms with Crippen molar-refractivity contribution in [3.63, 3.8) is 0 Å². The minimum absolute atomic E-state index is 0.0880. The molecule has 1 amide bonds. The van der Waals surface area contributed by atoms with Crippen molar-refractivity contribution in [2.75, 3.05) is 19.6 Å². The fourth-order valence-electron chi connectivity index (χ4n) is 2.12. The topological polar surface area (TPSA) is 58.4 Å². The van der Waals surface area contributed by atoms with E-state index in [0.717, 1.165) is 25.9 Å². The van der Waals surface area contributed by atoms with Crippen molar-refractivity contribution in [3.05, 3.63) is 0 Å². The van der Waals surface area contributed by atoms with Gasteiger partial charge in [0.25, 0.3) is 0 Å². The van der Waals surface area contributed by atoms with E-state index in [0.29, 0.717) is 6.54 Å². The zero-order valence-corrected chi connectivity index (χ0v) is 10.0. The van der Waals surface area contributed by atoms with Crippen molar-refractivity contribution in [1.82, 2.24) is 10.2 Å². The van der Waals surface area contributed by atoms with E-state index in [1.54, 1.807) is 0 Å². The lowest BCUT2D eigenvalue weighted by Crippen LogP contribution is -2.66. The predicted molar refractivity (Wildman–Crippen MR) is 61.5 cm³/mol. The molecule has 1 unspecified atom stereocenters. The molecule has 4 heteroatoms. The quantitative estimate of drug-likeness (QED) is 0.691. The number of hydrogen-bond acceptors (Lipinski definition) is 3. The third-order valence-corrected chi connectivity index (χ3v) is 2.67. The number of hydrogen-bond donors (Lipinski definition) is 2. The maximum atomic E-state index is 11.5. The molecule has 1 aliphatic rings. The average molecular weight is 213 g/mol. The van der Waals surface area contributed by atoms with Crippen molar-refractivity contribution in [2.24, 2.45) is 5.73 Å². The van der Waals surface area contributed by atoms with Crippen LogP contribution in [0, 0.1) is 0 Å². The van der Waals surface area contributed by atoms with Crippen LogP contribution >= 0.6 is 0 Å². The smallest absolute Gasteiger partial charge is 0.234 e. The van der Waals surface area contributed by atoms with Gasteiger partial charge in [0.05, 0.1) is 6.54 Å². The van der Waals surface area contributed by atoms with Crippen molar-refractivity contribution in [1.29, 1.82) is 0 Å². The van der Waals surface area contributed by atoms with Crippen LogP contribution in [0.25, 0.3) is 0 Å². The predicted octanol–water partition coefficient (Wildman–Crippen LogP) is 0.324. The number of likely N-dealkylation sites (tertiary alicyclic amines) is 1. The van der Waals surface area contributed by atoms with Crippen molar-refractivity contribution >= 4 is 5.91 Å². The number of nitrogens with one attached hydrogen (secondary N) is 1. The molecular weight excluding hydrogens is 190 g/mol. The highest BCUT2D eigenvalue weighted by molar-refractivity contribution is 5.78. The lowest BCUT2D eigenvalue weighted by Gasteiger charge is -2.45. The van der Waals surface area contributed by atoms with Crippen LogP contribution in [0.5, 0.6) is 0 Å². The molecule has 0 aromatic heterocycles. The van der Waals surface area contributed by atoms with Gasteiger partial charge in [0.1, 0.15) is 0 Å². The summed E-state index contributed by atoms with van der Waals surface area (Å²) in [7, 11) is 0. The molecule has 4 nitrogen and oxygen atoms in total. The van der Waals surface area contributed by atoms with Gasteiger partial charge >= 0.3 is 0 Å². The molecule has 1 fully saturated rings. The molecule has 1 atom stereocenters. The molecule has 0 aliphatic carbocycles. The van der Waals surface area contributed by atoms with Gasteiger partial charge in [-0.3, -0.25) is 9.69 Å². The van der Waals surface area contributed by atoms with Crippen LogP contribution in [0.4, 0.5) is 0 Å². The normalized spacial score (nSPS) is 21.9. The monoisotopic (exact) mass is 213 g/mol. The Morgan fingerprint density at radius 1 is 1.60 bits per heavy atom. The van der Waals surface area contributed by atoms with E-state index >= 15 is 0 Å². The molecule has 0 saturated carbocycles. The Morgan fingerprint density at radius 2 is 2.20 bits per heavy atom. The van der Waals surface area contributed by atoms with Gasteiger partial charge in [0.15, 0.2) is 0 Å². The Bertz CT molecular complexity index is 220. The molecule has 0 bridgehead atoms. The van der Waals surface area contributed by atoms with Crippen molar-refractivity contribution < 1.29 is 4.79 Å². The third kappa shape index (κ3) is 4.18. The summed E-state index contributed by atoms with van der Waals surface area (Å²) in [6.45, 7) is 8.32. The Hall–Kier alpha value is -0.610. The van der Waals surface area contributed by atoms with Gasteiger partial charge < -0.3 is 11.1 Å². The number of rotatable bonds is 5. The fourth-order valence-corrected chi connectivity index (χ4v) is 2.12. The maximum absolute atomic E-state index is 11.5. The van der Waals surface area contributed by atoms with Gasteiger partial charge in [-0.1, -0.05) is 13.3 Å². The summed E-state index contributed by atoms with van der Waals surface area (Å²) < 4.78 is 0. The van der Waals surface area contributed by atoms with Crippen molar-refractivity contribution in [3.8, 4) is 0 Å². The first-order chi connectivity index (χ1) is 6.93. The van der Waals surface area contributed by atoms with Gasteiger partial charge in [-0.05, 0) is 20.3 Å². The van der Waals surface area contributed by atoms with Gasteiger partial charge in [-0.2, -0.15) is 0 Å². The Labute approximate surface area is 92.2 Å². The van der Waals surface area contributed by atoms with Crippen LogP contribution in [0.2, 0.25) is 0 Å². The standard InChI is InChI=1S/C11H23N3O/c1-4-5-9(2)13-10(15)6-14-7-11(3,12)8-14/h9H,4-8,12H2,1-3H3,(H,13,15). The number of carbonyl (C=O) groups is 1. The minimum atomic E-state index is -0.0880. The molecule has 0 aromatic carbocycles. The van der Waals surface area contributed by atoms with E-state index in [9.17, 15) is 4.79 Å². The van der Waals surface area contributed by atoms with Crippen LogP contribution in [0.1, 0.15) is 33.6 Å². The van der Waals surface area contributed by atoms with E-state index in [1.165, 1.54) is 0 Å². The SMILES string of the molecule is CCCC(C)NC(=O)CN1CC(C)(N)C1. The summed E-state index contributed by atoms with van der Waals surface area (Å²) in [5.41, 5.74) is 5.78. The highest BCUT2D eigenvalue weighted by Gasteiger charge is 2.35. The first-order valence-corrected chi connectivity index (χ1v) is 5.73. The molecule has 1 aliphatic heterocycles. The second-order valence-electron chi connectivity index (χ2n) is 5.06. The molecule has 3 N–H and O–H groups in total. The maximum Gasteiger partial charge on any atom is 0.234 e. The summed E-state index contributed by atoms with van der Waals surface area (Å²) in [6.07, 6.45) is 2.15. The summed E-state index contributed by atoms with van der Waals surface area (Å²) in [4.78, 5) is 13.6. The number of carbonyl (C=O) groups excluding carboxylic acids is 1. The molecule has 1 heterocycles. The van der Waals surface area contributed by atoms with E-state index in [4.69, 9.17) is 5.73 Å². The number of amides is 1. The van der Waals surface area contributed by atoms with Crippen LogP contribution < -0.4 is 11.1 Å². The second kappa shape index (κ2) is 4.94. The molecular formula is C11H23N3O. The first kappa shape index (κ1) is 12.5. The molecule has 15 heavy (non-hydrogen) atoms. The highest BCUT2D eigenvalue weighted by atomic mass is 16.2. The van der Waals surface area contributed by atoms with Crippen molar-refractivity contribution in [2.45, 2.75) is 45.2 Å². The molecule has 0 spiro atoms. The van der Waals surface area contributed by atoms with E-state index in [-0.39, 0.29) is 17.5 Å². The van der Waals surface area contributed by atoms with Crippen LogP contribution in [0.15, 0.2) is 0 Å². The summed E-state index contributed by atoms with van der Waals surface area (Å²) in [5, 5.41) is 2.99. The van der Waals surface area contributed by atoms with E-state index in [1.807, 2.05) is 13.8 Å². The minimum Gasteiger partial charge on any atom is -0.353 e.